The lowest BCUT2D eigenvalue weighted by atomic mass is 9.95. The van der Waals surface area contributed by atoms with Gasteiger partial charge in [0, 0.05) is 25.1 Å². The Bertz CT molecular complexity index is 403. The van der Waals surface area contributed by atoms with Crippen molar-refractivity contribution in [2.75, 3.05) is 20.3 Å². The lowest BCUT2D eigenvalue weighted by molar-refractivity contribution is 0.0902. The minimum Gasteiger partial charge on any atom is -0.497 e. The summed E-state index contributed by atoms with van der Waals surface area (Å²) in [6.45, 7) is 1.95. The molecule has 3 heteroatoms. The van der Waals surface area contributed by atoms with Gasteiger partial charge in [0.1, 0.15) is 5.75 Å². The molecule has 2 unspecified atom stereocenters. The van der Waals surface area contributed by atoms with E-state index in [9.17, 15) is 0 Å². The quantitative estimate of drug-likeness (QED) is 0.867. The molecule has 2 fully saturated rings. The van der Waals surface area contributed by atoms with E-state index in [2.05, 4.69) is 17.4 Å². The predicted octanol–water partition coefficient (Wildman–Crippen LogP) is 2.52. The summed E-state index contributed by atoms with van der Waals surface area (Å²) in [6, 6.07) is 9.04. The zero-order chi connectivity index (χ0) is 12.4. The molecule has 1 aromatic rings. The molecule has 3 nitrogen and oxygen atoms in total. The molecule has 98 valence electrons. The molecule has 1 aliphatic heterocycles. The molecule has 2 atom stereocenters. The molecule has 2 aliphatic rings. The second kappa shape index (κ2) is 5.29. The molecule has 0 spiro atoms. The van der Waals surface area contributed by atoms with Gasteiger partial charge in [-0.25, -0.2) is 0 Å². The summed E-state index contributed by atoms with van der Waals surface area (Å²) < 4.78 is 11.2. The Labute approximate surface area is 108 Å². The van der Waals surface area contributed by atoms with Crippen molar-refractivity contribution in [1.29, 1.82) is 0 Å². The van der Waals surface area contributed by atoms with Crippen LogP contribution in [0.2, 0.25) is 0 Å². The van der Waals surface area contributed by atoms with Crippen molar-refractivity contribution in [3.8, 4) is 5.75 Å². The Balaban J connectivity index is 1.67. The summed E-state index contributed by atoms with van der Waals surface area (Å²) in [5.41, 5.74) is 1.24. The van der Waals surface area contributed by atoms with E-state index in [1.54, 1.807) is 7.11 Å². The van der Waals surface area contributed by atoms with Crippen molar-refractivity contribution < 1.29 is 9.47 Å². The molecule has 1 aliphatic carbocycles. The Morgan fingerprint density at radius 2 is 2.22 bits per heavy atom. The van der Waals surface area contributed by atoms with E-state index in [0.717, 1.165) is 31.4 Å². The minimum absolute atomic E-state index is 0.228. The Morgan fingerprint density at radius 1 is 1.33 bits per heavy atom. The molecule has 1 saturated carbocycles. The van der Waals surface area contributed by atoms with Crippen molar-refractivity contribution in [3.05, 3.63) is 29.8 Å². The zero-order valence-electron chi connectivity index (χ0n) is 10.9. The summed E-state index contributed by atoms with van der Waals surface area (Å²) in [7, 11) is 1.71. The van der Waals surface area contributed by atoms with Crippen molar-refractivity contribution in [3.63, 3.8) is 0 Å². The van der Waals surface area contributed by atoms with Crippen LogP contribution in [0.25, 0.3) is 0 Å². The van der Waals surface area contributed by atoms with Crippen LogP contribution in [0.15, 0.2) is 24.3 Å². The van der Waals surface area contributed by atoms with Gasteiger partial charge in [-0.05, 0) is 37.0 Å². The van der Waals surface area contributed by atoms with Crippen molar-refractivity contribution in [2.45, 2.75) is 31.4 Å². The summed E-state index contributed by atoms with van der Waals surface area (Å²) in [5.74, 6) is 1.51. The van der Waals surface area contributed by atoms with Crippen LogP contribution in [-0.2, 0) is 4.74 Å². The SMILES string of the molecule is COc1cccc(C2OCCC2CNC2CC2)c1. The summed E-state index contributed by atoms with van der Waals surface area (Å²) in [6.07, 6.45) is 4.07. The van der Waals surface area contributed by atoms with Gasteiger partial charge in [-0.3, -0.25) is 0 Å². The van der Waals surface area contributed by atoms with E-state index >= 15 is 0 Å². The van der Waals surface area contributed by atoms with E-state index < -0.39 is 0 Å². The summed E-state index contributed by atoms with van der Waals surface area (Å²) >= 11 is 0. The number of benzene rings is 1. The molecular formula is C15H21NO2. The number of hydrogen-bond donors (Lipinski definition) is 1. The van der Waals surface area contributed by atoms with Crippen molar-refractivity contribution in [1.82, 2.24) is 5.32 Å². The first-order chi connectivity index (χ1) is 8.86. The van der Waals surface area contributed by atoms with Crippen LogP contribution in [0.5, 0.6) is 5.75 Å². The van der Waals surface area contributed by atoms with Crippen LogP contribution in [0.1, 0.15) is 30.9 Å². The maximum atomic E-state index is 5.91. The highest BCUT2D eigenvalue weighted by Gasteiger charge is 2.31. The average Bonchev–Trinajstić information content (AvgIpc) is 3.13. The van der Waals surface area contributed by atoms with Crippen LogP contribution in [-0.4, -0.2) is 26.3 Å². The van der Waals surface area contributed by atoms with Crippen LogP contribution < -0.4 is 10.1 Å². The monoisotopic (exact) mass is 247 g/mol. The zero-order valence-corrected chi connectivity index (χ0v) is 10.9. The fourth-order valence-electron chi connectivity index (χ4n) is 2.64. The topological polar surface area (TPSA) is 30.5 Å². The minimum atomic E-state index is 0.228. The fraction of sp³-hybridized carbons (Fsp3) is 0.600. The first-order valence-corrected chi connectivity index (χ1v) is 6.86. The molecule has 1 saturated heterocycles. The molecule has 1 aromatic carbocycles. The second-order valence-electron chi connectivity index (χ2n) is 5.30. The highest BCUT2D eigenvalue weighted by Crippen LogP contribution is 2.35. The van der Waals surface area contributed by atoms with Crippen LogP contribution in [0.3, 0.4) is 0 Å². The van der Waals surface area contributed by atoms with Crippen LogP contribution in [0.4, 0.5) is 0 Å². The molecule has 1 N–H and O–H groups in total. The van der Waals surface area contributed by atoms with Gasteiger partial charge in [-0.1, -0.05) is 12.1 Å². The molecule has 0 aromatic heterocycles. The third-order valence-electron chi connectivity index (χ3n) is 3.88. The highest BCUT2D eigenvalue weighted by atomic mass is 16.5. The first-order valence-electron chi connectivity index (χ1n) is 6.86. The van der Waals surface area contributed by atoms with E-state index in [1.807, 2.05) is 12.1 Å². The molecule has 0 bridgehead atoms. The second-order valence-corrected chi connectivity index (χ2v) is 5.30. The Hall–Kier alpha value is -1.06. The Kier molecular flexibility index (Phi) is 3.52. The van der Waals surface area contributed by atoms with Gasteiger partial charge in [-0.15, -0.1) is 0 Å². The molecule has 0 radical (unpaired) electrons. The molecule has 1 heterocycles. The van der Waals surface area contributed by atoms with Crippen LogP contribution in [0, 0.1) is 5.92 Å². The van der Waals surface area contributed by atoms with Gasteiger partial charge < -0.3 is 14.8 Å². The fourth-order valence-corrected chi connectivity index (χ4v) is 2.64. The van der Waals surface area contributed by atoms with E-state index in [4.69, 9.17) is 9.47 Å². The maximum absolute atomic E-state index is 5.91. The normalized spacial score (nSPS) is 27.4. The van der Waals surface area contributed by atoms with Gasteiger partial charge in [0.25, 0.3) is 0 Å². The number of nitrogens with one attached hydrogen (secondary N) is 1. The van der Waals surface area contributed by atoms with E-state index in [-0.39, 0.29) is 6.10 Å². The van der Waals surface area contributed by atoms with Gasteiger partial charge in [-0.2, -0.15) is 0 Å². The lowest BCUT2D eigenvalue weighted by Gasteiger charge is -2.19. The van der Waals surface area contributed by atoms with E-state index in [0.29, 0.717) is 5.92 Å². The molecule has 0 amide bonds. The highest BCUT2D eigenvalue weighted by molar-refractivity contribution is 5.30. The molecule has 18 heavy (non-hydrogen) atoms. The smallest absolute Gasteiger partial charge is 0.119 e. The van der Waals surface area contributed by atoms with Gasteiger partial charge in [0.2, 0.25) is 0 Å². The average molecular weight is 247 g/mol. The standard InChI is InChI=1S/C15H21NO2/c1-17-14-4-2-3-11(9-14)15-12(7-8-18-15)10-16-13-5-6-13/h2-4,9,12-13,15-16H,5-8,10H2,1H3. The van der Waals surface area contributed by atoms with Gasteiger partial charge in [0.15, 0.2) is 0 Å². The first kappa shape index (κ1) is 12.0. The number of methoxy groups -OCH3 is 1. The van der Waals surface area contributed by atoms with Gasteiger partial charge >= 0.3 is 0 Å². The maximum Gasteiger partial charge on any atom is 0.119 e. The van der Waals surface area contributed by atoms with Crippen molar-refractivity contribution >= 4 is 0 Å². The number of ether oxygens (including phenoxy) is 2. The molecular weight excluding hydrogens is 226 g/mol. The number of hydrogen-bond acceptors (Lipinski definition) is 3. The summed E-state index contributed by atoms with van der Waals surface area (Å²) in [4.78, 5) is 0. The lowest BCUT2D eigenvalue weighted by Crippen LogP contribution is -2.26. The Morgan fingerprint density at radius 3 is 3.00 bits per heavy atom. The van der Waals surface area contributed by atoms with Crippen LogP contribution >= 0.6 is 0 Å². The third-order valence-corrected chi connectivity index (χ3v) is 3.88. The third kappa shape index (κ3) is 2.68. The number of rotatable bonds is 5. The van der Waals surface area contributed by atoms with E-state index in [1.165, 1.54) is 18.4 Å². The largest absolute Gasteiger partial charge is 0.497 e. The predicted molar refractivity (Wildman–Crippen MR) is 70.8 cm³/mol. The molecule has 3 rings (SSSR count). The summed E-state index contributed by atoms with van der Waals surface area (Å²) in [5, 5.41) is 3.62. The van der Waals surface area contributed by atoms with Crippen molar-refractivity contribution in [2.24, 2.45) is 5.92 Å². The van der Waals surface area contributed by atoms with Gasteiger partial charge in [0.05, 0.1) is 13.2 Å².